The van der Waals surface area contributed by atoms with Crippen LogP contribution < -0.4 is 10.5 Å². The first-order valence-corrected chi connectivity index (χ1v) is 5.06. The maximum atomic E-state index is 10.7. The van der Waals surface area contributed by atoms with Gasteiger partial charge in [0.15, 0.2) is 0 Å². The molecule has 0 aliphatic heterocycles. The van der Waals surface area contributed by atoms with E-state index in [0.29, 0.717) is 5.75 Å². The van der Waals surface area contributed by atoms with E-state index in [0.717, 1.165) is 5.56 Å². The van der Waals surface area contributed by atoms with Crippen molar-refractivity contribution in [3.63, 3.8) is 0 Å². The molecule has 0 unspecified atom stereocenters. The zero-order valence-electron chi connectivity index (χ0n) is 9.53. The fourth-order valence-electron chi connectivity index (χ4n) is 1.30. The van der Waals surface area contributed by atoms with Crippen LogP contribution in [0, 0.1) is 17.0 Å². The molecule has 0 aliphatic carbocycles. The zero-order chi connectivity index (χ0) is 13.1. The molecule has 0 bridgehead atoms. The Morgan fingerprint density at radius 2 is 2.11 bits per heavy atom. The Hall–Kier alpha value is -2.70. The highest BCUT2D eigenvalue weighted by molar-refractivity contribution is 5.45. The van der Waals surface area contributed by atoms with Crippen molar-refractivity contribution >= 4 is 11.5 Å². The Kier molecular flexibility index (Phi) is 3.05. The van der Waals surface area contributed by atoms with Crippen molar-refractivity contribution in [2.75, 3.05) is 5.73 Å². The first-order valence-electron chi connectivity index (χ1n) is 5.06. The zero-order valence-corrected chi connectivity index (χ0v) is 9.53. The second-order valence-corrected chi connectivity index (χ2v) is 3.59. The van der Waals surface area contributed by atoms with Crippen molar-refractivity contribution in [3.05, 3.63) is 46.3 Å². The summed E-state index contributed by atoms with van der Waals surface area (Å²) in [5.74, 6) is 0.870. The molecule has 0 fully saturated rings. The molecule has 0 saturated heterocycles. The minimum atomic E-state index is -0.485. The average molecular weight is 246 g/mol. The number of non-ortho nitro benzene ring substituents is 1. The van der Waals surface area contributed by atoms with Gasteiger partial charge in [0.1, 0.15) is 11.6 Å². The molecule has 7 heteroatoms. The van der Waals surface area contributed by atoms with Gasteiger partial charge in [-0.15, -0.1) is 0 Å². The number of nitro groups is 1. The number of benzene rings is 1. The van der Waals surface area contributed by atoms with E-state index in [1.165, 1.54) is 24.5 Å². The van der Waals surface area contributed by atoms with Crippen LogP contribution in [0.2, 0.25) is 0 Å². The number of nitrogens with two attached hydrogens (primary N) is 1. The van der Waals surface area contributed by atoms with E-state index < -0.39 is 4.92 Å². The molecule has 0 spiro atoms. The fraction of sp³-hybridized carbons (Fsp3) is 0.0909. The van der Waals surface area contributed by atoms with Crippen LogP contribution in [0.1, 0.15) is 5.56 Å². The number of ether oxygens (including phenoxy) is 1. The lowest BCUT2D eigenvalue weighted by Gasteiger charge is -2.07. The number of aryl methyl sites for hydroxylation is 1. The first-order chi connectivity index (χ1) is 8.56. The third-order valence-corrected chi connectivity index (χ3v) is 2.25. The lowest BCUT2D eigenvalue weighted by Crippen LogP contribution is -1.96. The molecule has 1 aromatic heterocycles. The van der Waals surface area contributed by atoms with Gasteiger partial charge in [-0.1, -0.05) is 0 Å². The molecule has 1 heterocycles. The van der Waals surface area contributed by atoms with Gasteiger partial charge in [-0.25, -0.2) is 9.97 Å². The van der Waals surface area contributed by atoms with Gasteiger partial charge >= 0.3 is 0 Å². The van der Waals surface area contributed by atoms with E-state index in [9.17, 15) is 10.1 Å². The highest BCUT2D eigenvalue weighted by Gasteiger charge is 2.10. The second kappa shape index (κ2) is 4.66. The largest absolute Gasteiger partial charge is 0.437 e. The highest BCUT2D eigenvalue weighted by atomic mass is 16.6. The van der Waals surface area contributed by atoms with Crippen molar-refractivity contribution in [2.24, 2.45) is 0 Å². The number of hydrogen-bond acceptors (Lipinski definition) is 6. The normalized spacial score (nSPS) is 10.1. The second-order valence-electron chi connectivity index (χ2n) is 3.59. The molecule has 0 atom stereocenters. The van der Waals surface area contributed by atoms with Crippen molar-refractivity contribution in [1.29, 1.82) is 0 Å². The summed E-state index contributed by atoms with van der Waals surface area (Å²) in [6.45, 7) is 1.78. The van der Waals surface area contributed by atoms with Gasteiger partial charge < -0.3 is 10.5 Å². The standard InChI is InChI=1S/C11H10N4O3/c1-7-2-3-8(15(16)17)4-9(7)18-11-6-13-10(12)5-14-11/h2-6H,1H3,(H2,12,13). The summed E-state index contributed by atoms with van der Waals surface area (Å²) in [4.78, 5) is 17.9. The lowest BCUT2D eigenvalue weighted by molar-refractivity contribution is -0.384. The number of aromatic nitrogens is 2. The number of hydrogen-bond donors (Lipinski definition) is 1. The predicted molar refractivity (Wildman–Crippen MR) is 64.4 cm³/mol. The van der Waals surface area contributed by atoms with Gasteiger partial charge in [-0.2, -0.15) is 0 Å². The molecule has 18 heavy (non-hydrogen) atoms. The Morgan fingerprint density at radius 3 is 2.72 bits per heavy atom. The Labute approximate surface area is 102 Å². The molecule has 7 nitrogen and oxygen atoms in total. The van der Waals surface area contributed by atoms with Crippen LogP contribution in [0.5, 0.6) is 11.6 Å². The molecule has 2 aromatic rings. The molecule has 0 saturated carbocycles. The molecular formula is C11H10N4O3. The van der Waals surface area contributed by atoms with Crippen molar-refractivity contribution in [2.45, 2.75) is 6.92 Å². The van der Waals surface area contributed by atoms with Gasteiger partial charge in [0.25, 0.3) is 5.69 Å². The quantitative estimate of drug-likeness (QED) is 0.656. The minimum Gasteiger partial charge on any atom is -0.437 e. The van der Waals surface area contributed by atoms with Crippen molar-refractivity contribution in [3.8, 4) is 11.6 Å². The number of anilines is 1. The van der Waals surface area contributed by atoms with Crippen LogP contribution in [-0.2, 0) is 0 Å². The lowest BCUT2D eigenvalue weighted by atomic mass is 10.2. The van der Waals surface area contributed by atoms with Crippen LogP contribution in [0.25, 0.3) is 0 Å². The molecule has 0 aliphatic rings. The molecule has 92 valence electrons. The number of nitrogen functional groups attached to an aromatic ring is 1. The highest BCUT2D eigenvalue weighted by Crippen LogP contribution is 2.27. The van der Waals surface area contributed by atoms with Gasteiger partial charge in [0, 0.05) is 6.07 Å². The smallest absolute Gasteiger partial charge is 0.273 e. The van der Waals surface area contributed by atoms with Crippen LogP contribution in [0.3, 0.4) is 0 Å². The van der Waals surface area contributed by atoms with Gasteiger partial charge in [0.05, 0.1) is 23.4 Å². The molecule has 0 amide bonds. The number of rotatable bonds is 3. The van der Waals surface area contributed by atoms with Gasteiger partial charge in [0.2, 0.25) is 5.88 Å². The minimum absolute atomic E-state index is 0.0426. The summed E-state index contributed by atoms with van der Waals surface area (Å²) in [5.41, 5.74) is 6.12. The van der Waals surface area contributed by atoms with Crippen LogP contribution >= 0.6 is 0 Å². The molecule has 2 N–H and O–H groups in total. The van der Waals surface area contributed by atoms with Crippen LogP contribution in [0.4, 0.5) is 11.5 Å². The summed E-state index contributed by atoms with van der Waals surface area (Å²) in [6.07, 6.45) is 2.70. The third kappa shape index (κ3) is 2.51. The Balaban J connectivity index is 2.30. The Bertz CT molecular complexity index is 583. The monoisotopic (exact) mass is 246 g/mol. The molecular weight excluding hydrogens is 236 g/mol. The first kappa shape index (κ1) is 11.8. The van der Waals surface area contributed by atoms with Crippen molar-refractivity contribution in [1.82, 2.24) is 9.97 Å². The SMILES string of the molecule is Cc1ccc([N+](=O)[O-])cc1Oc1cnc(N)cn1. The van der Waals surface area contributed by atoms with Crippen LogP contribution in [0.15, 0.2) is 30.6 Å². The summed E-state index contributed by atoms with van der Waals surface area (Å²) >= 11 is 0. The van der Waals surface area contributed by atoms with E-state index >= 15 is 0 Å². The number of nitro benzene ring substituents is 1. The van der Waals surface area contributed by atoms with Gasteiger partial charge in [-0.05, 0) is 18.6 Å². The van der Waals surface area contributed by atoms with Crippen molar-refractivity contribution < 1.29 is 9.66 Å². The van der Waals surface area contributed by atoms with Crippen LogP contribution in [-0.4, -0.2) is 14.9 Å². The molecule has 2 rings (SSSR count). The molecule has 1 aromatic carbocycles. The van der Waals surface area contributed by atoms with E-state index in [1.54, 1.807) is 13.0 Å². The number of nitrogens with zero attached hydrogens (tertiary/aromatic N) is 3. The maximum absolute atomic E-state index is 10.7. The third-order valence-electron chi connectivity index (χ3n) is 2.25. The predicted octanol–water partition coefficient (Wildman–Crippen LogP) is 2.07. The van der Waals surface area contributed by atoms with E-state index in [4.69, 9.17) is 10.5 Å². The van der Waals surface area contributed by atoms with E-state index in [2.05, 4.69) is 9.97 Å². The summed E-state index contributed by atoms with van der Waals surface area (Å²) < 4.78 is 5.42. The molecule has 0 radical (unpaired) electrons. The van der Waals surface area contributed by atoms with E-state index in [1.807, 2.05) is 0 Å². The van der Waals surface area contributed by atoms with Gasteiger partial charge in [-0.3, -0.25) is 10.1 Å². The topological polar surface area (TPSA) is 104 Å². The summed E-state index contributed by atoms with van der Waals surface area (Å²) in [7, 11) is 0. The summed E-state index contributed by atoms with van der Waals surface area (Å²) in [6, 6.07) is 4.36. The Morgan fingerprint density at radius 1 is 1.33 bits per heavy atom. The van der Waals surface area contributed by atoms with E-state index in [-0.39, 0.29) is 17.4 Å². The maximum Gasteiger partial charge on any atom is 0.273 e. The fourth-order valence-corrected chi connectivity index (χ4v) is 1.30. The average Bonchev–Trinajstić information content (AvgIpc) is 2.34. The summed E-state index contributed by atoms with van der Waals surface area (Å²) in [5, 5.41) is 10.7.